The molecule has 1 fully saturated rings. The van der Waals surface area contributed by atoms with Gasteiger partial charge in [-0.3, -0.25) is 0 Å². The highest BCUT2D eigenvalue weighted by atomic mass is 16.5. The zero-order chi connectivity index (χ0) is 12.3. The van der Waals surface area contributed by atoms with Crippen LogP contribution in [0.1, 0.15) is 50.9 Å². The summed E-state index contributed by atoms with van der Waals surface area (Å²) in [5, 5.41) is 7.46. The molecular weight excluding hydrogens is 218 g/mol. The maximum atomic E-state index is 5.35. The van der Waals surface area contributed by atoms with Crippen LogP contribution in [0.2, 0.25) is 0 Å². The largest absolute Gasteiger partial charge is 0.378 e. The molecule has 1 saturated heterocycles. The highest BCUT2D eigenvalue weighted by Crippen LogP contribution is 2.21. The zero-order valence-corrected chi connectivity index (χ0v) is 10.8. The van der Waals surface area contributed by atoms with Gasteiger partial charge in [0.05, 0.1) is 18.1 Å². The second-order valence-corrected chi connectivity index (χ2v) is 5.19. The summed E-state index contributed by atoms with van der Waals surface area (Å²) in [7, 11) is 1.69. The van der Waals surface area contributed by atoms with Gasteiger partial charge in [-0.2, -0.15) is 4.98 Å². The van der Waals surface area contributed by atoms with Crippen LogP contribution >= 0.6 is 0 Å². The Morgan fingerprint density at radius 2 is 2.29 bits per heavy atom. The molecule has 96 valence electrons. The van der Waals surface area contributed by atoms with E-state index in [0.717, 1.165) is 18.8 Å². The van der Waals surface area contributed by atoms with E-state index >= 15 is 0 Å². The molecule has 1 unspecified atom stereocenters. The Bertz CT molecular complexity index is 356. The van der Waals surface area contributed by atoms with Crippen molar-refractivity contribution in [3.05, 3.63) is 11.7 Å². The molecule has 0 saturated carbocycles. The number of nitrogens with zero attached hydrogens (tertiary/aromatic N) is 2. The average molecular weight is 239 g/mol. The molecule has 0 bridgehead atoms. The fourth-order valence-corrected chi connectivity index (χ4v) is 1.99. The topological polar surface area (TPSA) is 60.2 Å². The van der Waals surface area contributed by atoms with Crippen molar-refractivity contribution in [2.24, 2.45) is 0 Å². The van der Waals surface area contributed by atoms with Crippen LogP contribution in [0.4, 0.5) is 0 Å². The van der Waals surface area contributed by atoms with Gasteiger partial charge in [-0.15, -0.1) is 0 Å². The molecule has 0 aliphatic carbocycles. The fourth-order valence-electron chi connectivity index (χ4n) is 1.99. The van der Waals surface area contributed by atoms with Gasteiger partial charge in [0.15, 0.2) is 5.82 Å². The second-order valence-electron chi connectivity index (χ2n) is 5.19. The molecule has 1 atom stereocenters. The lowest BCUT2D eigenvalue weighted by molar-refractivity contribution is 0.0170. The van der Waals surface area contributed by atoms with E-state index < -0.39 is 0 Å². The minimum Gasteiger partial charge on any atom is -0.378 e. The van der Waals surface area contributed by atoms with Crippen LogP contribution in [-0.4, -0.2) is 29.4 Å². The summed E-state index contributed by atoms with van der Waals surface area (Å²) in [6, 6.07) is 0.256. The summed E-state index contributed by atoms with van der Waals surface area (Å²) in [6.45, 7) is 5.06. The zero-order valence-electron chi connectivity index (χ0n) is 10.8. The van der Waals surface area contributed by atoms with Crippen LogP contribution in [0.25, 0.3) is 0 Å². The predicted octanol–water partition coefficient (Wildman–Crippen LogP) is 1.85. The number of rotatable bonds is 4. The second kappa shape index (κ2) is 5.14. The quantitative estimate of drug-likeness (QED) is 0.869. The Balaban J connectivity index is 2.00. The lowest BCUT2D eigenvalue weighted by atomic mass is 10.0. The number of aromatic nitrogens is 2. The average Bonchev–Trinajstić information content (AvgIpc) is 2.78. The van der Waals surface area contributed by atoms with Gasteiger partial charge in [0.1, 0.15) is 0 Å². The van der Waals surface area contributed by atoms with Crippen LogP contribution in [0, 0.1) is 0 Å². The number of piperidine rings is 1. The predicted molar refractivity (Wildman–Crippen MR) is 63.7 cm³/mol. The van der Waals surface area contributed by atoms with Crippen molar-refractivity contribution in [2.45, 2.75) is 51.2 Å². The lowest BCUT2D eigenvalue weighted by Gasteiger charge is -2.20. The third-order valence-corrected chi connectivity index (χ3v) is 3.24. The van der Waals surface area contributed by atoms with Crippen molar-refractivity contribution in [1.29, 1.82) is 0 Å². The molecule has 1 aromatic rings. The number of hydrogen-bond acceptors (Lipinski definition) is 5. The van der Waals surface area contributed by atoms with E-state index in [-0.39, 0.29) is 11.6 Å². The van der Waals surface area contributed by atoms with Crippen LogP contribution < -0.4 is 5.32 Å². The molecule has 1 aromatic heterocycles. The third-order valence-electron chi connectivity index (χ3n) is 3.24. The molecule has 0 spiro atoms. The molecule has 5 nitrogen and oxygen atoms in total. The summed E-state index contributed by atoms with van der Waals surface area (Å²) < 4.78 is 10.6. The van der Waals surface area contributed by atoms with E-state index in [9.17, 15) is 0 Å². The standard InChI is InChI=1S/C12H21N3O2/c1-12(2,16-3)8-10-14-11(15-17-10)9-6-4-5-7-13-9/h9,13H,4-8H2,1-3H3. The maximum Gasteiger partial charge on any atom is 0.229 e. The van der Waals surface area contributed by atoms with E-state index in [1.54, 1.807) is 7.11 Å². The molecule has 17 heavy (non-hydrogen) atoms. The van der Waals surface area contributed by atoms with Crippen molar-refractivity contribution in [3.8, 4) is 0 Å². The summed E-state index contributed by atoms with van der Waals surface area (Å²) in [4.78, 5) is 4.45. The molecular formula is C12H21N3O2. The molecule has 1 aliphatic heterocycles. The smallest absolute Gasteiger partial charge is 0.229 e. The van der Waals surface area contributed by atoms with Gasteiger partial charge in [0, 0.05) is 7.11 Å². The molecule has 0 aromatic carbocycles. The van der Waals surface area contributed by atoms with Crippen molar-refractivity contribution < 1.29 is 9.26 Å². The van der Waals surface area contributed by atoms with E-state index in [2.05, 4.69) is 15.5 Å². The van der Waals surface area contributed by atoms with Crippen LogP contribution in [0.3, 0.4) is 0 Å². The van der Waals surface area contributed by atoms with Crippen molar-refractivity contribution in [1.82, 2.24) is 15.5 Å². The lowest BCUT2D eigenvalue weighted by Crippen LogP contribution is -2.28. The Hall–Kier alpha value is -0.940. The normalized spacial score (nSPS) is 21.7. The summed E-state index contributed by atoms with van der Waals surface area (Å²) in [5.74, 6) is 1.44. The molecule has 2 heterocycles. The number of ether oxygens (including phenoxy) is 1. The van der Waals surface area contributed by atoms with Crippen molar-refractivity contribution in [2.75, 3.05) is 13.7 Å². The number of hydrogen-bond donors (Lipinski definition) is 1. The summed E-state index contributed by atoms with van der Waals surface area (Å²) in [5.41, 5.74) is -0.260. The first kappa shape index (κ1) is 12.5. The Morgan fingerprint density at radius 3 is 2.94 bits per heavy atom. The van der Waals surface area contributed by atoms with Crippen molar-refractivity contribution >= 4 is 0 Å². The van der Waals surface area contributed by atoms with E-state index in [1.807, 2.05) is 13.8 Å². The fraction of sp³-hybridized carbons (Fsp3) is 0.833. The minimum atomic E-state index is -0.260. The maximum absolute atomic E-state index is 5.35. The van der Waals surface area contributed by atoms with Gasteiger partial charge in [0.2, 0.25) is 5.89 Å². The van der Waals surface area contributed by atoms with Gasteiger partial charge in [-0.25, -0.2) is 0 Å². The minimum absolute atomic E-state index is 0.256. The van der Waals surface area contributed by atoms with Gasteiger partial charge in [-0.1, -0.05) is 11.6 Å². The third kappa shape index (κ3) is 3.26. The molecule has 1 N–H and O–H groups in total. The van der Waals surface area contributed by atoms with E-state index in [4.69, 9.17) is 9.26 Å². The molecule has 2 rings (SSSR count). The van der Waals surface area contributed by atoms with Gasteiger partial charge < -0.3 is 14.6 Å². The first-order valence-corrected chi connectivity index (χ1v) is 6.22. The van der Waals surface area contributed by atoms with Crippen LogP contribution in [-0.2, 0) is 11.2 Å². The summed E-state index contributed by atoms with van der Waals surface area (Å²) in [6.07, 6.45) is 4.19. The van der Waals surface area contributed by atoms with Gasteiger partial charge in [-0.05, 0) is 33.2 Å². The number of nitrogens with one attached hydrogen (secondary N) is 1. The molecule has 5 heteroatoms. The van der Waals surface area contributed by atoms with E-state index in [0.29, 0.717) is 12.3 Å². The highest BCUT2D eigenvalue weighted by molar-refractivity contribution is 4.97. The molecule has 1 aliphatic rings. The monoisotopic (exact) mass is 239 g/mol. The van der Waals surface area contributed by atoms with E-state index in [1.165, 1.54) is 12.8 Å². The summed E-state index contributed by atoms with van der Waals surface area (Å²) >= 11 is 0. The number of methoxy groups -OCH3 is 1. The SMILES string of the molecule is COC(C)(C)Cc1nc(C2CCCCN2)no1. The van der Waals surface area contributed by atoms with Crippen LogP contribution in [0.15, 0.2) is 4.52 Å². The first-order chi connectivity index (χ1) is 8.11. The van der Waals surface area contributed by atoms with Gasteiger partial charge in [0.25, 0.3) is 0 Å². The van der Waals surface area contributed by atoms with Crippen molar-refractivity contribution in [3.63, 3.8) is 0 Å². The van der Waals surface area contributed by atoms with Gasteiger partial charge >= 0.3 is 0 Å². The van der Waals surface area contributed by atoms with Crippen LogP contribution in [0.5, 0.6) is 0 Å². The highest BCUT2D eigenvalue weighted by Gasteiger charge is 2.24. The Labute approximate surface area is 102 Å². The Morgan fingerprint density at radius 1 is 1.47 bits per heavy atom. The first-order valence-electron chi connectivity index (χ1n) is 6.22. The molecule has 0 amide bonds. The molecule has 0 radical (unpaired) electrons. The Kier molecular flexibility index (Phi) is 3.79.